The third kappa shape index (κ3) is 8.18. The van der Waals surface area contributed by atoms with Gasteiger partial charge < -0.3 is 21.3 Å². The molecule has 0 aliphatic carbocycles. The maximum atomic E-state index is 12.9. The Morgan fingerprint density at radius 2 is 1.37 bits per heavy atom. The molecule has 4 rings (SSSR count). The van der Waals surface area contributed by atoms with E-state index >= 15 is 0 Å². The summed E-state index contributed by atoms with van der Waals surface area (Å²) in [5, 5.41) is 11.0. The van der Waals surface area contributed by atoms with E-state index in [9.17, 15) is 27.6 Å². The lowest BCUT2D eigenvalue weighted by molar-refractivity contribution is -0.137. The van der Waals surface area contributed by atoms with Crippen LogP contribution in [0.15, 0.2) is 103 Å². The Morgan fingerprint density at radius 3 is 2.07 bits per heavy atom. The molecule has 1 atom stereocenters. The maximum Gasteiger partial charge on any atom is 0.416 e. The van der Waals surface area contributed by atoms with Crippen molar-refractivity contribution in [1.29, 1.82) is 0 Å². The molecule has 0 heterocycles. The first-order valence-electron chi connectivity index (χ1n) is 12.7. The molecule has 0 radical (unpaired) electrons. The molecule has 0 saturated heterocycles. The number of hydrogen-bond acceptors (Lipinski definition) is 4. The average molecular weight is 561 g/mol. The zero-order valence-electron chi connectivity index (χ0n) is 22.0. The second-order valence-electron chi connectivity index (χ2n) is 9.20. The van der Waals surface area contributed by atoms with Crippen molar-refractivity contribution in [3.05, 3.63) is 125 Å². The van der Waals surface area contributed by atoms with Crippen molar-refractivity contribution >= 4 is 34.8 Å². The zero-order valence-corrected chi connectivity index (χ0v) is 22.0. The van der Waals surface area contributed by atoms with E-state index in [0.717, 1.165) is 17.7 Å². The minimum Gasteiger partial charge on any atom is -0.376 e. The van der Waals surface area contributed by atoms with Crippen LogP contribution in [-0.2, 0) is 11.0 Å². The minimum absolute atomic E-state index is 0.0109. The molecule has 0 aliphatic heterocycles. The SMILES string of the molecule is CC(NC(=O)c1ccc(NC(=O)CNc2cccc(C(=O)Nc3cccc(C(F)(F)F)c3)c2)cc1)c1ccccc1. The molecular weight excluding hydrogens is 533 g/mol. The molecular formula is C31H27F3N4O3. The number of carbonyl (C=O) groups is 3. The summed E-state index contributed by atoms with van der Waals surface area (Å²) in [5.74, 6) is -1.20. The Morgan fingerprint density at radius 1 is 0.683 bits per heavy atom. The van der Waals surface area contributed by atoms with Crippen molar-refractivity contribution in [2.24, 2.45) is 0 Å². The summed E-state index contributed by atoms with van der Waals surface area (Å²) >= 11 is 0. The van der Waals surface area contributed by atoms with Gasteiger partial charge in [0.1, 0.15) is 0 Å². The van der Waals surface area contributed by atoms with Gasteiger partial charge in [-0.05, 0) is 73.2 Å². The Bertz CT molecular complexity index is 1520. The number of amides is 3. The Labute approximate surface area is 234 Å². The molecule has 10 heteroatoms. The van der Waals surface area contributed by atoms with Crippen LogP contribution >= 0.6 is 0 Å². The van der Waals surface area contributed by atoms with Gasteiger partial charge in [-0.1, -0.05) is 42.5 Å². The Balaban J connectivity index is 1.28. The molecule has 0 spiro atoms. The molecule has 3 amide bonds. The predicted octanol–water partition coefficient (Wildman–Crippen LogP) is 6.50. The van der Waals surface area contributed by atoms with E-state index in [1.54, 1.807) is 36.4 Å². The normalized spacial score (nSPS) is 11.7. The molecule has 4 aromatic rings. The number of hydrogen-bond donors (Lipinski definition) is 4. The lowest BCUT2D eigenvalue weighted by Gasteiger charge is -2.14. The van der Waals surface area contributed by atoms with Crippen LogP contribution in [0.4, 0.5) is 30.2 Å². The summed E-state index contributed by atoms with van der Waals surface area (Å²) in [6.07, 6.45) is -4.52. The highest BCUT2D eigenvalue weighted by molar-refractivity contribution is 6.05. The van der Waals surface area contributed by atoms with Crippen molar-refractivity contribution in [2.75, 3.05) is 22.5 Å². The van der Waals surface area contributed by atoms with E-state index < -0.39 is 17.6 Å². The molecule has 210 valence electrons. The van der Waals surface area contributed by atoms with Crippen LogP contribution < -0.4 is 21.3 Å². The lowest BCUT2D eigenvalue weighted by Crippen LogP contribution is -2.26. The van der Waals surface area contributed by atoms with Crippen LogP contribution in [0.3, 0.4) is 0 Å². The van der Waals surface area contributed by atoms with Crippen LogP contribution in [0.25, 0.3) is 0 Å². The van der Waals surface area contributed by atoms with Crippen LogP contribution in [-0.4, -0.2) is 24.3 Å². The third-order valence-corrected chi connectivity index (χ3v) is 6.10. The first-order valence-corrected chi connectivity index (χ1v) is 12.7. The van der Waals surface area contributed by atoms with Crippen molar-refractivity contribution < 1.29 is 27.6 Å². The molecule has 0 fully saturated rings. The van der Waals surface area contributed by atoms with Gasteiger partial charge in [0, 0.05) is 28.2 Å². The summed E-state index contributed by atoms with van der Waals surface area (Å²) < 4.78 is 38.8. The second-order valence-corrected chi connectivity index (χ2v) is 9.20. The van der Waals surface area contributed by atoms with Crippen LogP contribution in [0.1, 0.15) is 44.8 Å². The van der Waals surface area contributed by atoms with Crippen LogP contribution in [0.5, 0.6) is 0 Å². The number of carbonyl (C=O) groups excluding carboxylic acids is 3. The number of halogens is 3. The van der Waals surface area contributed by atoms with Crippen molar-refractivity contribution in [1.82, 2.24) is 5.32 Å². The topological polar surface area (TPSA) is 99.3 Å². The summed E-state index contributed by atoms with van der Waals surface area (Å²) in [5.41, 5.74) is 1.74. The fourth-order valence-electron chi connectivity index (χ4n) is 3.94. The summed E-state index contributed by atoms with van der Waals surface area (Å²) in [7, 11) is 0. The van der Waals surface area contributed by atoms with E-state index in [1.807, 2.05) is 37.3 Å². The van der Waals surface area contributed by atoms with Gasteiger partial charge in [0.05, 0.1) is 18.2 Å². The molecule has 41 heavy (non-hydrogen) atoms. The van der Waals surface area contributed by atoms with E-state index in [2.05, 4.69) is 21.3 Å². The number of anilines is 3. The van der Waals surface area contributed by atoms with Crippen molar-refractivity contribution in [3.63, 3.8) is 0 Å². The standard InChI is InChI=1S/C31H27F3N4O3/c1-20(21-7-3-2-4-8-21)36-29(40)22-13-15-25(16-14-22)37-28(39)19-35-26-11-5-9-23(17-26)30(41)38-27-12-6-10-24(18-27)31(32,33)34/h2-18,20,35H,19H2,1H3,(H,36,40)(H,37,39)(H,38,41). The molecule has 4 aromatic carbocycles. The molecule has 0 aliphatic rings. The van der Waals surface area contributed by atoms with Gasteiger partial charge in [-0.25, -0.2) is 0 Å². The van der Waals surface area contributed by atoms with Gasteiger partial charge in [-0.15, -0.1) is 0 Å². The number of rotatable bonds is 9. The first-order chi connectivity index (χ1) is 19.6. The molecule has 0 aromatic heterocycles. The van der Waals surface area contributed by atoms with Gasteiger partial charge in [0.15, 0.2) is 0 Å². The zero-order chi connectivity index (χ0) is 29.4. The number of benzene rings is 4. The summed E-state index contributed by atoms with van der Waals surface area (Å²) in [4.78, 5) is 37.6. The predicted molar refractivity (Wildman–Crippen MR) is 152 cm³/mol. The highest BCUT2D eigenvalue weighted by atomic mass is 19.4. The van der Waals surface area contributed by atoms with E-state index in [1.165, 1.54) is 24.3 Å². The fourth-order valence-corrected chi connectivity index (χ4v) is 3.94. The third-order valence-electron chi connectivity index (χ3n) is 6.10. The summed E-state index contributed by atoms with van der Waals surface area (Å²) in [6, 6.07) is 26.5. The van der Waals surface area contributed by atoms with Gasteiger partial charge in [-0.3, -0.25) is 14.4 Å². The Hall–Kier alpha value is -5.12. The highest BCUT2D eigenvalue weighted by Gasteiger charge is 2.30. The molecule has 0 saturated carbocycles. The monoisotopic (exact) mass is 560 g/mol. The second kappa shape index (κ2) is 12.8. The summed E-state index contributed by atoms with van der Waals surface area (Å²) in [6.45, 7) is 1.78. The van der Waals surface area contributed by atoms with Gasteiger partial charge in [0.2, 0.25) is 5.91 Å². The van der Waals surface area contributed by atoms with Crippen molar-refractivity contribution in [2.45, 2.75) is 19.1 Å². The quantitative estimate of drug-likeness (QED) is 0.188. The van der Waals surface area contributed by atoms with Crippen LogP contribution in [0, 0.1) is 0 Å². The van der Waals surface area contributed by atoms with E-state index in [0.29, 0.717) is 16.9 Å². The van der Waals surface area contributed by atoms with Crippen LogP contribution in [0.2, 0.25) is 0 Å². The molecule has 7 nitrogen and oxygen atoms in total. The first kappa shape index (κ1) is 28.9. The highest BCUT2D eigenvalue weighted by Crippen LogP contribution is 2.30. The number of nitrogens with one attached hydrogen (secondary N) is 4. The molecule has 4 N–H and O–H groups in total. The smallest absolute Gasteiger partial charge is 0.376 e. The average Bonchev–Trinajstić information content (AvgIpc) is 2.96. The lowest BCUT2D eigenvalue weighted by atomic mass is 10.1. The number of alkyl halides is 3. The maximum absolute atomic E-state index is 12.9. The largest absolute Gasteiger partial charge is 0.416 e. The minimum atomic E-state index is -4.52. The van der Waals surface area contributed by atoms with Gasteiger partial charge >= 0.3 is 6.18 Å². The van der Waals surface area contributed by atoms with Crippen molar-refractivity contribution in [3.8, 4) is 0 Å². The van der Waals surface area contributed by atoms with Gasteiger partial charge in [0.25, 0.3) is 11.8 Å². The van der Waals surface area contributed by atoms with E-state index in [-0.39, 0.29) is 35.7 Å². The Kier molecular flexibility index (Phi) is 9.03. The van der Waals surface area contributed by atoms with Gasteiger partial charge in [-0.2, -0.15) is 13.2 Å². The molecule has 0 bridgehead atoms. The molecule has 1 unspecified atom stereocenters. The fraction of sp³-hybridized carbons (Fsp3) is 0.129. The van der Waals surface area contributed by atoms with E-state index in [4.69, 9.17) is 0 Å².